The zero-order valence-electron chi connectivity index (χ0n) is 10.5. The summed E-state index contributed by atoms with van der Waals surface area (Å²) in [7, 11) is 2.77. The molecule has 1 N–H and O–H groups in total. The smallest absolute Gasteiger partial charge is 0.254 e. The number of aliphatic hydroxyl groups is 1. The van der Waals surface area contributed by atoms with Crippen LogP contribution in [0.3, 0.4) is 0 Å². The monoisotopic (exact) mass is 316 g/mol. The number of methoxy groups -OCH3 is 2. The van der Waals surface area contributed by atoms with Crippen LogP contribution < -0.4 is 0 Å². The van der Waals surface area contributed by atoms with E-state index >= 15 is 0 Å². The molecular weight excluding hydrogens is 300 g/mol. The maximum absolute atomic E-state index is 12.3. The van der Waals surface area contributed by atoms with Crippen molar-refractivity contribution < 1.29 is 19.4 Å². The van der Waals surface area contributed by atoms with E-state index in [9.17, 15) is 9.90 Å². The Balaban J connectivity index is 3.03. The van der Waals surface area contributed by atoms with Crippen LogP contribution in [0.25, 0.3) is 0 Å². The molecule has 4 nitrogen and oxygen atoms in total. The molecule has 0 radical (unpaired) electrons. The minimum atomic E-state index is -1.46. The molecule has 0 aromatic carbocycles. The van der Waals surface area contributed by atoms with Gasteiger partial charge in [0.05, 0.1) is 6.10 Å². The van der Waals surface area contributed by atoms with Gasteiger partial charge in [0.25, 0.3) is 5.79 Å². The van der Waals surface area contributed by atoms with E-state index in [1.54, 1.807) is 12.2 Å². The van der Waals surface area contributed by atoms with E-state index in [-0.39, 0.29) is 11.4 Å². The van der Waals surface area contributed by atoms with Crippen LogP contribution in [0.4, 0.5) is 0 Å². The van der Waals surface area contributed by atoms with Crippen LogP contribution in [-0.2, 0) is 14.3 Å². The SMILES string of the molecule is C=CCCC(O)C1=CC(Br)=CC(OC)(OC)C1=O. The first kappa shape index (κ1) is 15.3. The van der Waals surface area contributed by atoms with Crippen molar-refractivity contribution in [3.05, 3.63) is 34.9 Å². The molecule has 0 heterocycles. The Morgan fingerprint density at radius 2 is 2.17 bits per heavy atom. The first-order valence-electron chi connectivity index (χ1n) is 5.54. The highest BCUT2D eigenvalue weighted by atomic mass is 79.9. The Morgan fingerprint density at radius 3 is 2.67 bits per heavy atom. The van der Waals surface area contributed by atoms with Gasteiger partial charge in [0.1, 0.15) is 0 Å². The predicted octanol–water partition coefficient (Wildman–Crippen LogP) is 2.09. The first-order chi connectivity index (χ1) is 8.50. The molecule has 5 heteroatoms. The summed E-state index contributed by atoms with van der Waals surface area (Å²) in [5.74, 6) is -1.84. The van der Waals surface area contributed by atoms with Gasteiger partial charge in [-0.1, -0.05) is 22.0 Å². The standard InChI is InChI=1S/C13H17BrO4/c1-4-5-6-11(15)10-7-9(14)8-13(17-2,18-3)12(10)16/h4,7-8,11,15H,1,5-6H2,2-3H3. The fraction of sp³-hybridized carbons (Fsp3) is 0.462. The lowest BCUT2D eigenvalue weighted by atomic mass is 9.91. The number of hydrogen-bond acceptors (Lipinski definition) is 4. The lowest BCUT2D eigenvalue weighted by molar-refractivity contribution is -0.183. The van der Waals surface area contributed by atoms with Crippen molar-refractivity contribution in [3.8, 4) is 0 Å². The molecule has 1 aliphatic carbocycles. The van der Waals surface area contributed by atoms with Gasteiger partial charge in [0.15, 0.2) is 0 Å². The summed E-state index contributed by atoms with van der Waals surface area (Å²) < 4.78 is 10.9. The Kier molecular flexibility index (Phi) is 5.47. The molecule has 18 heavy (non-hydrogen) atoms. The number of rotatable bonds is 6. The number of ether oxygens (including phenoxy) is 2. The zero-order chi connectivity index (χ0) is 13.8. The van der Waals surface area contributed by atoms with E-state index in [2.05, 4.69) is 22.5 Å². The fourth-order valence-electron chi connectivity index (χ4n) is 1.77. The number of allylic oxidation sites excluding steroid dienone is 3. The summed E-state index contributed by atoms with van der Waals surface area (Å²) in [6.45, 7) is 3.59. The Labute approximate surface area is 115 Å². The van der Waals surface area contributed by atoms with Gasteiger partial charge < -0.3 is 14.6 Å². The topological polar surface area (TPSA) is 55.8 Å². The maximum atomic E-state index is 12.3. The third-order valence-corrected chi connectivity index (χ3v) is 3.27. The average molecular weight is 317 g/mol. The largest absolute Gasteiger partial charge is 0.388 e. The Hall–Kier alpha value is -0.750. The van der Waals surface area contributed by atoms with Crippen LogP contribution in [0, 0.1) is 0 Å². The summed E-state index contributed by atoms with van der Waals surface area (Å²) in [5, 5.41) is 10.0. The molecule has 1 atom stereocenters. The second kappa shape index (κ2) is 6.43. The van der Waals surface area contributed by atoms with Gasteiger partial charge in [0, 0.05) is 24.3 Å². The molecule has 0 aliphatic heterocycles. The highest BCUT2D eigenvalue weighted by Gasteiger charge is 2.42. The minimum Gasteiger partial charge on any atom is -0.388 e. The van der Waals surface area contributed by atoms with Gasteiger partial charge >= 0.3 is 0 Å². The third kappa shape index (κ3) is 2.98. The molecule has 0 spiro atoms. The van der Waals surface area contributed by atoms with Gasteiger partial charge in [0.2, 0.25) is 5.78 Å². The molecule has 1 aliphatic rings. The first-order valence-corrected chi connectivity index (χ1v) is 6.34. The van der Waals surface area contributed by atoms with E-state index in [0.717, 1.165) is 0 Å². The van der Waals surface area contributed by atoms with Crippen molar-refractivity contribution in [2.24, 2.45) is 0 Å². The summed E-state index contributed by atoms with van der Waals surface area (Å²) in [6, 6.07) is 0. The molecule has 0 bridgehead atoms. The van der Waals surface area contributed by atoms with Crippen LogP contribution in [0.15, 0.2) is 34.9 Å². The molecule has 0 saturated heterocycles. The number of carbonyl (C=O) groups is 1. The van der Waals surface area contributed by atoms with Crippen molar-refractivity contribution in [1.82, 2.24) is 0 Å². The second-order valence-electron chi connectivity index (χ2n) is 3.92. The summed E-state index contributed by atoms with van der Waals surface area (Å²) in [5.41, 5.74) is 0.273. The predicted molar refractivity (Wildman–Crippen MR) is 72.3 cm³/mol. The second-order valence-corrected chi connectivity index (χ2v) is 4.83. The number of Topliss-reactive ketones (excluding diaryl/α,β-unsaturated/α-hetero) is 1. The quantitative estimate of drug-likeness (QED) is 0.602. The van der Waals surface area contributed by atoms with Crippen molar-refractivity contribution >= 4 is 21.7 Å². The number of hydrogen-bond donors (Lipinski definition) is 1. The van der Waals surface area contributed by atoms with Gasteiger partial charge in [-0.2, -0.15) is 0 Å². The molecular formula is C13H17BrO4. The van der Waals surface area contributed by atoms with Gasteiger partial charge in [-0.05, 0) is 25.0 Å². The molecule has 100 valence electrons. The third-order valence-electron chi connectivity index (χ3n) is 2.81. The molecule has 0 fully saturated rings. The Morgan fingerprint density at radius 1 is 1.56 bits per heavy atom. The summed E-state index contributed by atoms with van der Waals surface area (Å²) in [4.78, 5) is 12.3. The van der Waals surface area contributed by atoms with Crippen molar-refractivity contribution in [1.29, 1.82) is 0 Å². The summed E-state index contributed by atoms with van der Waals surface area (Å²) >= 11 is 3.29. The normalized spacial score (nSPS) is 20.1. The minimum absolute atomic E-state index is 0.273. The van der Waals surface area contributed by atoms with Crippen LogP contribution >= 0.6 is 15.9 Å². The van der Waals surface area contributed by atoms with Crippen LogP contribution in [0.5, 0.6) is 0 Å². The summed E-state index contributed by atoms with van der Waals surface area (Å²) in [6.07, 6.45) is 5.01. The average Bonchev–Trinajstić information content (AvgIpc) is 2.38. The van der Waals surface area contributed by atoms with Gasteiger partial charge in [-0.15, -0.1) is 6.58 Å². The van der Waals surface area contributed by atoms with Crippen molar-refractivity contribution in [2.75, 3.05) is 14.2 Å². The number of ketones is 1. The molecule has 1 rings (SSSR count). The zero-order valence-corrected chi connectivity index (χ0v) is 12.1. The maximum Gasteiger partial charge on any atom is 0.254 e. The van der Waals surface area contributed by atoms with Crippen LogP contribution in [0.2, 0.25) is 0 Å². The molecule has 1 unspecified atom stereocenters. The number of aliphatic hydroxyl groups excluding tert-OH is 1. The fourth-order valence-corrected chi connectivity index (χ4v) is 2.32. The van der Waals surface area contributed by atoms with Crippen LogP contribution in [-0.4, -0.2) is 37.0 Å². The van der Waals surface area contributed by atoms with E-state index in [1.165, 1.54) is 20.3 Å². The number of carbonyl (C=O) groups excluding carboxylic acids is 1. The lowest BCUT2D eigenvalue weighted by Gasteiger charge is -2.31. The van der Waals surface area contributed by atoms with Crippen LogP contribution in [0.1, 0.15) is 12.8 Å². The van der Waals surface area contributed by atoms with Gasteiger partial charge in [-0.25, -0.2) is 0 Å². The molecule has 0 saturated carbocycles. The highest BCUT2D eigenvalue weighted by molar-refractivity contribution is 9.11. The van der Waals surface area contributed by atoms with Gasteiger partial charge in [-0.3, -0.25) is 4.79 Å². The molecule has 0 amide bonds. The van der Waals surface area contributed by atoms with E-state index < -0.39 is 11.9 Å². The number of halogens is 1. The highest BCUT2D eigenvalue weighted by Crippen LogP contribution is 2.31. The lowest BCUT2D eigenvalue weighted by Crippen LogP contribution is -2.45. The Bertz CT molecular complexity index is 394. The molecule has 0 aromatic heterocycles. The van der Waals surface area contributed by atoms with E-state index in [1.807, 2.05) is 0 Å². The van der Waals surface area contributed by atoms with Crippen molar-refractivity contribution in [2.45, 2.75) is 24.7 Å². The molecule has 0 aromatic rings. The van der Waals surface area contributed by atoms with E-state index in [4.69, 9.17) is 9.47 Å². The van der Waals surface area contributed by atoms with Crippen molar-refractivity contribution in [3.63, 3.8) is 0 Å². The van der Waals surface area contributed by atoms with E-state index in [0.29, 0.717) is 17.3 Å².